The number of halogens is 2. The maximum absolute atomic E-state index is 13.2. The van der Waals surface area contributed by atoms with Crippen LogP contribution in [0.25, 0.3) is 10.7 Å². The molecular formula is C15H12ClFN4OS2. The van der Waals surface area contributed by atoms with E-state index in [0.29, 0.717) is 16.3 Å². The topological polar surface area (TPSA) is 62.7 Å². The number of nitrogens with zero attached hydrogens (tertiary/aromatic N) is 2. The maximum Gasteiger partial charge on any atom is 0.247 e. The Morgan fingerprint density at radius 2 is 2.29 bits per heavy atom. The van der Waals surface area contributed by atoms with Gasteiger partial charge >= 0.3 is 0 Å². The lowest BCUT2D eigenvalue weighted by atomic mass is 10.2. The Kier molecular flexibility index (Phi) is 4.79. The minimum atomic E-state index is -0.614. The summed E-state index contributed by atoms with van der Waals surface area (Å²) >= 11 is 12.5. The van der Waals surface area contributed by atoms with E-state index in [1.54, 1.807) is 11.5 Å². The standard InChI is InChI=1S/C15H12ClFN4OS2/c1-8(14(22)18-9-4-5-11(17)10(16)7-9)21-13(19-20-15(21)23)12-3-2-6-24-12/h2-8H,1H3,(H,18,22)(H,20,23)/t8-/m0/s1. The van der Waals surface area contributed by atoms with Gasteiger partial charge in [0.15, 0.2) is 10.6 Å². The Hall–Kier alpha value is -2.03. The first-order chi connectivity index (χ1) is 11.5. The highest BCUT2D eigenvalue weighted by atomic mass is 35.5. The summed E-state index contributed by atoms with van der Waals surface area (Å²) in [5.41, 5.74) is 0.408. The molecule has 0 fully saturated rings. The Morgan fingerprint density at radius 3 is 2.96 bits per heavy atom. The highest BCUT2D eigenvalue weighted by Crippen LogP contribution is 2.26. The fourth-order valence-electron chi connectivity index (χ4n) is 2.18. The summed E-state index contributed by atoms with van der Waals surface area (Å²) in [6.07, 6.45) is 0. The molecule has 1 aromatic carbocycles. The van der Waals surface area contributed by atoms with Crippen LogP contribution in [-0.2, 0) is 4.79 Å². The van der Waals surface area contributed by atoms with Crippen LogP contribution in [0.1, 0.15) is 13.0 Å². The number of benzene rings is 1. The molecule has 0 aliphatic rings. The summed E-state index contributed by atoms with van der Waals surface area (Å²) in [4.78, 5) is 13.4. The van der Waals surface area contributed by atoms with Crippen molar-refractivity contribution in [1.82, 2.24) is 14.8 Å². The van der Waals surface area contributed by atoms with Crippen molar-refractivity contribution >= 4 is 46.8 Å². The monoisotopic (exact) mass is 382 g/mol. The lowest BCUT2D eigenvalue weighted by Crippen LogP contribution is -2.24. The summed E-state index contributed by atoms with van der Waals surface area (Å²) in [7, 11) is 0. The molecule has 24 heavy (non-hydrogen) atoms. The molecule has 124 valence electrons. The van der Waals surface area contributed by atoms with Gasteiger partial charge in [0.1, 0.15) is 11.9 Å². The molecule has 2 N–H and O–H groups in total. The third kappa shape index (κ3) is 3.26. The molecule has 0 saturated carbocycles. The number of carbonyl (C=O) groups is 1. The van der Waals surface area contributed by atoms with Crippen LogP contribution in [0.3, 0.4) is 0 Å². The van der Waals surface area contributed by atoms with E-state index in [4.69, 9.17) is 23.8 Å². The lowest BCUT2D eigenvalue weighted by molar-refractivity contribution is -0.118. The predicted octanol–water partition coefficient (Wildman–Crippen LogP) is 4.66. The quantitative estimate of drug-likeness (QED) is 0.645. The first-order valence-corrected chi connectivity index (χ1v) is 8.60. The van der Waals surface area contributed by atoms with E-state index in [2.05, 4.69) is 15.5 Å². The molecule has 9 heteroatoms. The minimum Gasteiger partial charge on any atom is -0.324 e. The van der Waals surface area contributed by atoms with E-state index >= 15 is 0 Å². The molecule has 1 atom stereocenters. The predicted molar refractivity (Wildman–Crippen MR) is 95.5 cm³/mol. The average molecular weight is 383 g/mol. The zero-order valence-corrected chi connectivity index (χ0v) is 14.8. The van der Waals surface area contributed by atoms with Crippen molar-refractivity contribution in [2.24, 2.45) is 0 Å². The number of amides is 1. The number of anilines is 1. The smallest absolute Gasteiger partial charge is 0.247 e. The summed E-state index contributed by atoms with van der Waals surface area (Å²) < 4.78 is 15.2. The largest absolute Gasteiger partial charge is 0.324 e. The summed E-state index contributed by atoms with van der Waals surface area (Å²) in [6.45, 7) is 1.71. The van der Waals surface area contributed by atoms with Crippen LogP contribution in [0, 0.1) is 10.6 Å². The second kappa shape index (κ2) is 6.84. The molecule has 0 radical (unpaired) electrons. The van der Waals surface area contributed by atoms with Crippen molar-refractivity contribution in [2.45, 2.75) is 13.0 Å². The van der Waals surface area contributed by atoms with Gasteiger partial charge in [-0.3, -0.25) is 14.5 Å². The molecule has 3 aromatic rings. The van der Waals surface area contributed by atoms with Crippen LogP contribution >= 0.6 is 35.2 Å². The number of carbonyl (C=O) groups excluding carboxylic acids is 1. The zero-order chi connectivity index (χ0) is 17.3. The maximum atomic E-state index is 13.2. The molecule has 1 amide bonds. The van der Waals surface area contributed by atoms with Crippen LogP contribution < -0.4 is 5.32 Å². The van der Waals surface area contributed by atoms with Crippen LogP contribution in [0.4, 0.5) is 10.1 Å². The van der Waals surface area contributed by atoms with Crippen LogP contribution in [0.15, 0.2) is 35.7 Å². The van der Waals surface area contributed by atoms with Crippen molar-refractivity contribution < 1.29 is 9.18 Å². The van der Waals surface area contributed by atoms with Gasteiger partial charge in [-0.25, -0.2) is 4.39 Å². The number of nitrogens with one attached hydrogen (secondary N) is 2. The number of H-pyrrole nitrogens is 1. The van der Waals surface area contributed by atoms with Crippen molar-refractivity contribution in [1.29, 1.82) is 0 Å². The Morgan fingerprint density at radius 1 is 1.50 bits per heavy atom. The summed E-state index contributed by atoms with van der Waals surface area (Å²) in [6, 6.07) is 7.18. The van der Waals surface area contributed by atoms with Gasteiger partial charge in [-0.15, -0.1) is 11.3 Å². The molecule has 0 saturated heterocycles. The van der Waals surface area contributed by atoms with Gasteiger partial charge in [-0.1, -0.05) is 17.7 Å². The van der Waals surface area contributed by atoms with Gasteiger partial charge < -0.3 is 5.32 Å². The number of thiophene rings is 1. The number of aromatic nitrogens is 3. The molecule has 0 unspecified atom stereocenters. The first kappa shape index (κ1) is 16.8. The molecule has 2 aromatic heterocycles. The van der Waals surface area contributed by atoms with Crippen LogP contribution in [0.5, 0.6) is 0 Å². The first-order valence-electron chi connectivity index (χ1n) is 6.94. The molecular weight excluding hydrogens is 371 g/mol. The van der Waals surface area contributed by atoms with Gasteiger partial charge in [0.25, 0.3) is 0 Å². The van der Waals surface area contributed by atoms with E-state index < -0.39 is 11.9 Å². The van der Waals surface area contributed by atoms with Crippen molar-refractivity contribution in [3.8, 4) is 10.7 Å². The number of rotatable bonds is 4. The molecule has 0 bridgehead atoms. The van der Waals surface area contributed by atoms with E-state index in [9.17, 15) is 9.18 Å². The molecule has 0 aliphatic heterocycles. The third-order valence-corrected chi connectivity index (χ3v) is 4.84. The summed E-state index contributed by atoms with van der Waals surface area (Å²) in [5.74, 6) is -0.262. The highest BCUT2D eigenvalue weighted by molar-refractivity contribution is 7.71. The van der Waals surface area contributed by atoms with E-state index in [-0.39, 0.29) is 10.9 Å². The molecule has 3 rings (SSSR count). The Balaban J connectivity index is 1.88. The zero-order valence-electron chi connectivity index (χ0n) is 12.4. The number of aromatic amines is 1. The van der Waals surface area contributed by atoms with Crippen molar-refractivity contribution in [3.63, 3.8) is 0 Å². The van der Waals surface area contributed by atoms with Gasteiger partial charge in [-0.05, 0) is 48.8 Å². The van der Waals surface area contributed by atoms with Crippen molar-refractivity contribution in [3.05, 3.63) is 51.3 Å². The molecule has 2 heterocycles. The van der Waals surface area contributed by atoms with E-state index in [0.717, 1.165) is 4.88 Å². The Labute approximate surface area is 151 Å². The van der Waals surface area contributed by atoms with Gasteiger partial charge in [0.2, 0.25) is 5.91 Å². The summed E-state index contributed by atoms with van der Waals surface area (Å²) in [5, 5.41) is 11.5. The van der Waals surface area contributed by atoms with Crippen LogP contribution in [-0.4, -0.2) is 20.7 Å². The average Bonchev–Trinajstić information content (AvgIpc) is 3.19. The van der Waals surface area contributed by atoms with Crippen LogP contribution in [0.2, 0.25) is 5.02 Å². The minimum absolute atomic E-state index is 0.0559. The second-order valence-corrected chi connectivity index (χ2v) is 6.74. The van der Waals surface area contributed by atoms with Gasteiger partial charge in [-0.2, -0.15) is 5.10 Å². The molecule has 0 aliphatic carbocycles. The Bertz CT molecular complexity index is 935. The normalized spacial score (nSPS) is 12.1. The molecule has 5 nitrogen and oxygen atoms in total. The fourth-order valence-corrected chi connectivity index (χ4v) is 3.36. The van der Waals surface area contributed by atoms with Gasteiger partial charge in [0, 0.05) is 5.69 Å². The number of hydrogen-bond acceptors (Lipinski definition) is 4. The van der Waals surface area contributed by atoms with Gasteiger partial charge in [0.05, 0.1) is 9.90 Å². The SMILES string of the molecule is C[C@@H](C(=O)Nc1ccc(F)c(Cl)c1)n1c(-c2cccs2)n[nH]c1=S. The third-order valence-electron chi connectivity index (χ3n) is 3.40. The van der Waals surface area contributed by atoms with Crippen molar-refractivity contribution in [2.75, 3.05) is 5.32 Å². The fraction of sp³-hybridized carbons (Fsp3) is 0.133. The lowest BCUT2D eigenvalue weighted by Gasteiger charge is -2.15. The highest BCUT2D eigenvalue weighted by Gasteiger charge is 2.21. The molecule has 0 spiro atoms. The second-order valence-electron chi connectivity index (χ2n) is 4.99. The van der Waals surface area contributed by atoms with E-state index in [1.807, 2.05) is 17.5 Å². The number of hydrogen-bond donors (Lipinski definition) is 2. The van der Waals surface area contributed by atoms with E-state index in [1.165, 1.54) is 29.5 Å².